The number of nitrogens with one attached hydrogen (secondary N) is 1. The van der Waals surface area contributed by atoms with E-state index in [-0.39, 0.29) is 6.04 Å². The van der Waals surface area contributed by atoms with Gasteiger partial charge in [0.15, 0.2) is 5.65 Å². The topological polar surface area (TPSA) is 68.0 Å². The van der Waals surface area contributed by atoms with Crippen LogP contribution in [0, 0.1) is 0 Å². The Hall–Kier alpha value is -2.50. The molecule has 0 aliphatic carbocycles. The highest BCUT2D eigenvalue weighted by molar-refractivity contribution is 5.44. The maximum absolute atomic E-state index is 4.32. The highest BCUT2D eigenvalue weighted by Gasteiger charge is 2.08. The summed E-state index contributed by atoms with van der Waals surface area (Å²) in [5.74, 6) is 1.29. The highest BCUT2D eigenvalue weighted by atomic mass is 15.6. The minimum Gasteiger partial charge on any atom is -0.362 e. The van der Waals surface area contributed by atoms with E-state index >= 15 is 0 Å². The van der Waals surface area contributed by atoms with E-state index in [1.165, 1.54) is 15.8 Å². The van der Waals surface area contributed by atoms with Crippen molar-refractivity contribution >= 4 is 11.5 Å². The monoisotopic (exact) mass is 282 g/mol. The molecule has 6 nitrogen and oxygen atoms in total. The Balaban J connectivity index is 1.76. The Morgan fingerprint density at radius 3 is 2.38 bits per heavy atom. The normalized spacial score (nSPS) is 12.8. The molecule has 0 bridgehead atoms. The van der Waals surface area contributed by atoms with Crippen LogP contribution in [0.4, 0.5) is 5.82 Å². The molecule has 0 saturated carbocycles. The van der Waals surface area contributed by atoms with Crippen LogP contribution in [0.25, 0.3) is 5.65 Å². The Morgan fingerprint density at radius 2 is 1.67 bits per heavy atom. The SMILES string of the molecule is CC(C)c1ccc([C@H](C)Nc2ccc3nnnn3n2)cc1. The molecule has 0 spiro atoms. The zero-order valence-electron chi connectivity index (χ0n) is 12.4. The Labute approximate surface area is 123 Å². The fourth-order valence-corrected chi connectivity index (χ4v) is 2.20. The predicted molar refractivity (Wildman–Crippen MR) is 81.1 cm³/mol. The van der Waals surface area contributed by atoms with Gasteiger partial charge in [-0.15, -0.1) is 14.8 Å². The van der Waals surface area contributed by atoms with Gasteiger partial charge in [-0.2, -0.15) is 0 Å². The molecule has 0 radical (unpaired) electrons. The average molecular weight is 282 g/mol. The van der Waals surface area contributed by atoms with E-state index < -0.39 is 0 Å². The second-order valence-corrected chi connectivity index (χ2v) is 5.43. The minimum atomic E-state index is 0.160. The first-order valence-corrected chi connectivity index (χ1v) is 7.05. The molecular formula is C15H18N6. The van der Waals surface area contributed by atoms with E-state index in [2.05, 4.69) is 71.0 Å². The summed E-state index contributed by atoms with van der Waals surface area (Å²) in [5.41, 5.74) is 3.20. The number of benzene rings is 1. The summed E-state index contributed by atoms with van der Waals surface area (Å²) in [7, 11) is 0. The van der Waals surface area contributed by atoms with Gasteiger partial charge in [0.25, 0.3) is 0 Å². The second-order valence-electron chi connectivity index (χ2n) is 5.43. The van der Waals surface area contributed by atoms with Crippen LogP contribution in [-0.4, -0.2) is 25.3 Å². The van der Waals surface area contributed by atoms with E-state index in [0.29, 0.717) is 11.6 Å². The van der Waals surface area contributed by atoms with Crippen molar-refractivity contribution < 1.29 is 0 Å². The Morgan fingerprint density at radius 1 is 0.952 bits per heavy atom. The van der Waals surface area contributed by atoms with Crippen LogP contribution in [0.5, 0.6) is 0 Å². The summed E-state index contributed by atoms with van der Waals surface area (Å²) in [5, 5.41) is 18.9. The van der Waals surface area contributed by atoms with Crippen LogP contribution < -0.4 is 5.32 Å². The van der Waals surface area contributed by atoms with Crippen LogP contribution in [0.15, 0.2) is 36.4 Å². The first kappa shape index (κ1) is 13.5. The van der Waals surface area contributed by atoms with Gasteiger partial charge in [-0.25, -0.2) is 0 Å². The quantitative estimate of drug-likeness (QED) is 0.797. The molecule has 2 aromatic heterocycles. The number of anilines is 1. The summed E-state index contributed by atoms with van der Waals surface area (Å²) in [6.45, 7) is 6.50. The summed E-state index contributed by atoms with van der Waals surface area (Å²) >= 11 is 0. The molecule has 108 valence electrons. The van der Waals surface area contributed by atoms with Gasteiger partial charge in [-0.05, 0) is 46.5 Å². The van der Waals surface area contributed by atoms with Gasteiger partial charge < -0.3 is 5.32 Å². The van der Waals surface area contributed by atoms with Gasteiger partial charge in [0.05, 0.1) is 0 Å². The van der Waals surface area contributed by atoms with Crippen molar-refractivity contribution in [3.63, 3.8) is 0 Å². The molecule has 1 N–H and O–H groups in total. The molecule has 3 rings (SSSR count). The molecule has 0 saturated heterocycles. The average Bonchev–Trinajstić information content (AvgIpc) is 2.95. The van der Waals surface area contributed by atoms with Crippen molar-refractivity contribution in [3.05, 3.63) is 47.5 Å². The van der Waals surface area contributed by atoms with Crippen LogP contribution in [0.1, 0.15) is 43.9 Å². The molecule has 0 unspecified atom stereocenters. The minimum absolute atomic E-state index is 0.160. The Kier molecular flexibility index (Phi) is 3.51. The third kappa shape index (κ3) is 2.84. The molecule has 2 heterocycles. The molecule has 1 aromatic carbocycles. The number of rotatable bonds is 4. The first-order valence-electron chi connectivity index (χ1n) is 7.05. The van der Waals surface area contributed by atoms with E-state index in [4.69, 9.17) is 0 Å². The van der Waals surface area contributed by atoms with Crippen LogP contribution in [0.3, 0.4) is 0 Å². The fourth-order valence-electron chi connectivity index (χ4n) is 2.20. The summed E-state index contributed by atoms with van der Waals surface area (Å²) in [6, 6.07) is 12.5. The number of tetrazole rings is 1. The lowest BCUT2D eigenvalue weighted by atomic mass is 10.00. The van der Waals surface area contributed by atoms with Gasteiger partial charge in [0.1, 0.15) is 5.82 Å². The summed E-state index contributed by atoms with van der Waals surface area (Å²) in [4.78, 5) is 0. The lowest BCUT2D eigenvalue weighted by Crippen LogP contribution is -2.09. The molecule has 21 heavy (non-hydrogen) atoms. The molecule has 0 aliphatic rings. The van der Waals surface area contributed by atoms with E-state index in [1.54, 1.807) is 0 Å². The lowest BCUT2D eigenvalue weighted by molar-refractivity contribution is 0.728. The van der Waals surface area contributed by atoms with Crippen molar-refractivity contribution in [2.45, 2.75) is 32.7 Å². The highest BCUT2D eigenvalue weighted by Crippen LogP contribution is 2.21. The van der Waals surface area contributed by atoms with Crippen molar-refractivity contribution in [1.29, 1.82) is 0 Å². The van der Waals surface area contributed by atoms with E-state index in [1.807, 2.05) is 12.1 Å². The summed E-state index contributed by atoms with van der Waals surface area (Å²) in [6.07, 6.45) is 0. The number of hydrogen-bond acceptors (Lipinski definition) is 5. The Bertz CT molecular complexity index is 731. The van der Waals surface area contributed by atoms with Crippen LogP contribution in [0.2, 0.25) is 0 Å². The van der Waals surface area contributed by atoms with Gasteiger partial charge in [-0.1, -0.05) is 38.1 Å². The zero-order valence-corrected chi connectivity index (χ0v) is 12.4. The summed E-state index contributed by atoms with van der Waals surface area (Å²) < 4.78 is 1.41. The van der Waals surface area contributed by atoms with Crippen molar-refractivity contribution in [3.8, 4) is 0 Å². The molecule has 6 heteroatoms. The molecule has 3 aromatic rings. The van der Waals surface area contributed by atoms with Crippen molar-refractivity contribution in [1.82, 2.24) is 25.3 Å². The van der Waals surface area contributed by atoms with E-state index in [9.17, 15) is 0 Å². The first-order chi connectivity index (χ1) is 10.1. The molecule has 0 aliphatic heterocycles. The molecular weight excluding hydrogens is 264 g/mol. The number of aromatic nitrogens is 5. The molecule has 1 atom stereocenters. The van der Waals surface area contributed by atoms with Crippen molar-refractivity contribution in [2.24, 2.45) is 0 Å². The van der Waals surface area contributed by atoms with Crippen LogP contribution >= 0.6 is 0 Å². The van der Waals surface area contributed by atoms with Crippen LogP contribution in [-0.2, 0) is 0 Å². The number of fused-ring (bicyclic) bond motifs is 1. The second kappa shape index (κ2) is 5.47. The number of nitrogens with zero attached hydrogens (tertiary/aromatic N) is 5. The maximum Gasteiger partial charge on any atom is 0.200 e. The zero-order chi connectivity index (χ0) is 14.8. The maximum atomic E-state index is 4.32. The fraction of sp³-hybridized carbons (Fsp3) is 0.333. The third-order valence-corrected chi connectivity index (χ3v) is 3.54. The van der Waals surface area contributed by atoms with E-state index in [0.717, 1.165) is 5.82 Å². The van der Waals surface area contributed by atoms with Gasteiger partial charge in [0.2, 0.25) is 0 Å². The smallest absolute Gasteiger partial charge is 0.200 e. The number of hydrogen-bond donors (Lipinski definition) is 1. The third-order valence-electron chi connectivity index (χ3n) is 3.54. The lowest BCUT2D eigenvalue weighted by Gasteiger charge is -2.15. The van der Waals surface area contributed by atoms with Gasteiger partial charge in [-0.3, -0.25) is 0 Å². The molecule has 0 amide bonds. The molecule has 0 fully saturated rings. The van der Waals surface area contributed by atoms with Gasteiger partial charge >= 0.3 is 0 Å². The standard InChI is InChI=1S/C15H18N6/c1-10(2)12-4-6-13(7-5-12)11(3)16-14-8-9-15-17-19-20-21(15)18-14/h4-11H,1-3H3,(H,16,18)/t11-/m0/s1. The van der Waals surface area contributed by atoms with Crippen molar-refractivity contribution in [2.75, 3.05) is 5.32 Å². The largest absolute Gasteiger partial charge is 0.362 e. The van der Waals surface area contributed by atoms with Gasteiger partial charge in [0, 0.05) is 6.04 Å². The predicted octanol–water partition coefficient (Wildman–Crippen LogP) is 2.82.